The normalized spacial score (nSPS) is 16.2. The Kier molecular flexibility index (Phi) is 4.41. The lowest BCUT2D eigenvalue weighted by molar-refractivity contribution is 0.213. The fraction of sp³-hybridized carbons (Fsp3) is 0.500. The zero-order valence-electron chi connectivity index (χ0n) is 10.2. The van der Waals surface area contributed by atoms with Crippen molar-refractivity contribution in [3.63, 3.8) is 0 Å². The number of likely N-dealkylation sites (tertiary alicyclic amines) is 1. The number of pyridine rings is 1. The Balaban J connectivity index is 2.01. The van der Waals surface area contributed by atoms with Crippen molar-refractivity contribution in [2.24, 2.45) is 0 Å². The maximum Gasteiger partial charge on any atom is 0.323 e. The van der Waals surface area contributed by atoms with Crippen LogP contribution >= 0.6 is 15.9 Å². The zero-order chi connectivity index (χ0) is 13.0. The second-order valence-corrected chi connectivity index (χ2v) is 5.28. The number of carbonyl (C=O) groups excluding carboxylic acids is 1. The van der Waals surface area contributed by atoms with Gasteiger partial charge in [0, 0.05) is 13.1 Å². The molecule has 5 nitrogen and oxygen atoms in total. The highest BCUT2D eigenvalue weighted by atomic mass is 79.9. The molecule has 1 fully saturated rings. The van der Waals surface area contributed by atoms with E-state index in [-0.39, 0.29) is 6.03 Å². The molecule has 0 radical (unpaired) electrons. The largest absolute Gasteiger partial charge is 0.397 e. The number of urea groups is 1. The highest BCUT2D eigenvalue weighted by Gasteiger charge is 2.16. The topological polar surface area (TPSA) is 71.2 Å². The molecule has 0 atom stereocenters. The van der Waals surface area contributed by atoms with Crippen molar-refractivity contribution in [2.75, 3.05) is 24.1 Å². The van der Waals surface area contributed by atoms with Crippen LogP contribution in [0.3, 0.4) is 0 Å². The molecule has 2 rings (SSSR count). The van der Waals surface area contributed by atoms with Gasteiger partial charge in [-0.05, 0) is 34.8 Å². The minimum atomic E-state index is -0.0881. The van der Waals surface area contributed by atoms with Crippen molar-refractivity contribution in [2.45, 2.75) is 25.7 Å². The highest BCUT2D eigenvalue weighted by Crippen LogP contribution is 2.22. The summed E-state index contributed by atoms with van der Waals surface area (Å²) in [5.74, 6) is 0.512. The Labute approximate surface area is 115 Å². The van der Waals surface area contributed by atoms with Gasteiger partial charge in [-0.1, -0.05) is 12.8 Å². The van der Waals surface area contributed by atoms with Crippen molar-refractivity contribution in [1.29, 1.82) is 0 Å². The first-order chi connectivity index (χ1) is 8.66. The van der Waals surface area contributed by atoms with Gasteiger partial charge in [0.15, 0.2) is 0 Å². The first kappa shape index (κ1) is 13.1. The van der Waals surface area contributed by atoms with Gasteiger partial charge in [0.1, 0.15) is 5.82 Å². The summed E-state index contributed by atoms with van der Waals surface area (Å²) in [7, 11) is 0. The van der Waals surface area contributed by atoms with Crippen molar-refractivity contribution >= 4 is 33.5 Å². The maximum absolute atomic E-state index is 12.1. The number of anilines is 2. The summed E-state index contributed by atoms with van der Waals surface area (Å²) in [6, 6.07) is 1.64. The van der Waals surface area contributed by atoms with Gasteiger partial charge in [0.2, 0.25) is 0 Å². The van der Waals surface area contributed by atoms with Crippen LogP contribution in [0.1, 0.15) is 25.7 Å². The average molecular weight is 313 g/mol. The molecule has 0 aliphatic carbocycles. The quantitative estimate of drug-likeness (QED) is 0.837. The van der Waals surface area contributed by atoms with Gasteiger partial charge < -0.3 is 10.6 Å². The summed E-state index contributed by atoms with van der Waals surface area (Å²) in [6.07, 6.45) is 6.08. The van der Waals surface area contributed by atoms with Crippen LogP contribution in [0, 0.1) is 0 Å². The molecule has 0 saturated carbocycles. The van der Waals surface area contributed by atoms with E-state index >= 15 is 0 Å². The number of amides is 2. The molecule has 0 spiro atoms. The third-order valence-corrected chi connectivity index (χ3v) is 3.59. The monoisotopic (exact) mass is 312 g/mol. The third kappa shape index (κ3) is 3.35. The van der Waals surface area contributed by atoms with Crippen molar-refractivity contribution in [3.8, 4) is 0 Å². The molecule has 0 aromatic carbocycles. The second-order valence-electron chi connectivity index (χ2n) is 4.43. The van der Waals surface area contributed by atoms with Gasteiger partial charge in [-0.25, -0.2) is 9.78 Å². The zero-order valence-corrected chi connectivity index (χ0v) is 11.7. The number of nitrogen functional groups attached to an aromatic ring is 1. The van der Waals surface area contributed by atoms with E-state index in [2.05, 4.69) is 26.2 Å². The van der Waals surface area contributed by atoms with Crippen LogP contribution in [0.4, 0.5) is 16.3 Å². The molecular formula is C12H17BrN4O. The van der Waals surface area contributed by atoms with Gasteiger partial charge in [-0.2, -0.15) is 0 Å². The Bertz CT molecular complexity index is 430. The molecular weight excluding hydrogens is 296 g/mol. The average Bonchev–Trinajstić information content (AvgIpc) is 2.61. The van der Waals surface area contributed by atoms with Crippen molar-refractivity contribution in [1.82, 2.24) is 9.88 Å². The Morgan fingerprint density at radius 1 is 1.33 bits per heavy atom. The summed E-state index contributed by atoms with van der Waals surface area (Å²) in [4.78, 5) is 18.0. The van der Waals surface area contributed by atoms with Gasteiger partial charge in [-0.3, -0.25) is 5.32 Å². The summed E-state index contributed by atoms with van der Waals surface area (Å²) in [5, 5.41) is 2.81. The van der Waals surface area contributed by atoms with Crippen molar-refractivity contribution < 1.29 is 4.79 Å². The first-order valence-electron chi connectivity index (χ1n) is 6.14. The predicted molar refractivity (Wildman–Crippen MR) is 75.4 cm³/mol. The fourth-order valence-corrected chi connectivity index (χ4v) is 2.46. The van der Waals surface area contributed by atoms with E-state index in [9.17, 15) is 4.79 Å². The number of nitrogens with one attached hydrogen (secondary N) is 1. The van der Waals surface area contributed by atoms with Crippen molar-refractivity contribution in [3.05, 3.63) is 16.7 Å². The maximum atomic E-state index is 12.1. The molecule has 1 saturated heterocycles. The van der Waals surface area contributed by atoms with Gasteiger partial charge >= 0.3 is 6.03 Å². The number of carbonyl (C=O) groups is 1. The van der Waals surface area contributed by atoms with Crippen LogP contribution in [0.5, 0.6) is 0 Å². The van der Waals surface area contributed by atoms with E-state index in [0.29, 0.717) is 16.0 Å². The van der Waals surface area contributed by atoms with Gasteiger partial charge in [-0.15, -0.1) is 0 Å². The van der Waals surface area contributed by atoms with Crippen LogP contribution in [0.15, 0.2) is 16.7 Å². The molecule has 18 heavy (non-hydrogen) atoms. The van der Waals surface area contributed by atoms with Crippen LogP contribution in [0.2, 0.25) is 0 Å². The van der Waals surface area contributed by atoms with Gasteiger partial charge in [0.25, 0.3) is 0 Å². The molecule has 2 amide bonds. The summed E-state index contributed by atoms with van der Waals surface area (Å²) >= 11 is 3.34. The fourth-order valence-electron chi connectivity index (χ4n) is 2.00. The number of rotatable bonds is 1. The van der Waals surface area contributed by atoms with E-state index in [1.54, 1.807) is 6.07 Å². The standard InChI is InChI=1S/C12H17BrN4O/c13-10-7-9(14)8-15-11(10)16-12(18)17-5-3-1-2-4-6-17/h7-8H,1-6,14H2,(H,15,16,18). The molecule has 6 heteroatoms. The van der Waals surface area contributed by atoms with Crippen LogP contribution in [-0.4, -0.2) is 29.0 Å². The lowest BCUT2D eigenvalue weighted by Crippen LogP contribution is -2.35. The molecule has 1 aromatic heterocycles. The molecule has 3 N–H and O–H groups in total. The van der Waals surface area contributed by atoms with E-state index < -0.39 is 0 Å². The minimum Gasteiger partial charge on any atom is -0.397 e. The van der Waals surface area contributed by atoms with Gasteiger partial charge in [0.05, 0.1) is 16.4 Å². The third-order valence-electron chi connectivity index (χ3n) is 2.98. The van der Waals surface area contributed by atoms with Crippen LogP contribution < -0.4 is 11.1 Å². The van der Waals surface area contributed by atoms with E-state index in [0.717, 1.165) is 25.9 Å². The molecule has 0 bridgehead atoms. The number of hydrogen-bond acceptors (Lipinski definition) is 3. The number of nitrogens with zero attached hydrogens (tertiary/aromatic N) is 2. The summed E-state index contributed by atoms with van der Waals surface area (Å²) in [5.41, 5.74) is 6.17. The SMILES string of the molecule is Nc1cnc(NC(=O)N2CCCCCC2)c(Br)c1. The van der Waals surface area contributed by atoms with E-state index in [1.165, 1.54) is 19.0 Å². The minimum absolute atomic E-state index is 0.0881. The number of halogens is 1. The first-order valence-corrected chi connectivity index (χ1v) is 6.93. The van der Waals surface area contributed by atoms with Crippen LogP contribution in [0.25, 0.3) is 0 Å². The number of hydrogen-bond donors (Lipinski definition) is 2. The van der Waals surface area contributed by atoms with E-state index in [4.69, 9.17) is 5.73 Å². The molecule has 1 aliphatic heterocycles. The lowest BCUT2D eigenvalue weighted by Gasteiger charge is -2.20. The van der Waals surface area contributed by atoms with Crippen LogP contribution in [-0.2, 0) is 0 Å². The molecule has 1 aliphatic rings. The number of aromatic nitrogens is 1. The predicted octanol–water partition coefficient (Wildman–Crippen LogP) is 2.83. The smallest absolute Gasteiger partial charge is 0.323 e. The molecule has 2 heterocycles. The summed E-state index contributed by atoms with van der Waals surface area (Å²) < 4.78 is 0.700. The second kappa shape index (κ2) is 6.04. The highest BCUT2D eigenvalue weighted by molar-refractivity contribution is 9.10. The Hall–Kier alpha value is -1.30. The molecule has 0 unspecified atom stereocenters. The number of nitrogens with two attached hydrogens (primary N) is 1. The van der Waals surface area contributed by atoms with E-state index in [1.807, 2.05) is 4.90 Å². The Morgan fingerprint density at radius 2 is 2.00 bits per heavy atom. The molecule has 1 aromatic rings. The Morgan fingerprint density at radius 3 is 2.61 bits per heavy atom. The summed E-state index contributed by atoms with van der Waals surface area (Å²) in [6.45, 7) is 1.64. The lowest BCUT2D eigenvalue weighted by atomic mass is 10.2. The molecule has 98 valence electrons.